The van der Waals surface area contributed by atoms with Gasteiger partial charge in [0, 0.05) is 0 Å². The average Bonchev–Trinajstić information content (AvgIpc) is 3.34. The Kier molecular flexibility index (Phi) is 17.4. The second kappa shape index (κ2) is 24.1. The first-order valence-corrected chi connectivity index (χ1v) is 21.8. The summed E-state index contributed by atoms with van der Waals surface area (Å²) in [5, 5.41) is 14.4. The number of pyridine rings is 2. The van der Waals surface area contributed by atoms with Gasteiger partial charge in [0.25, 0.3) is 0 Å². The van der Waals surface area contributed by atoms with Crippen LogP contribution < -0.4 is 31.0 Å². The van der Waals surface area contributed by atoms with Crippen LogP contribution in [0.3, 0.4) is 0 Å². The molecule has 0 atom stereocenters. The summed E-state index contributed by atoms with van der Waals surface area (Å²) in [7, 11) is 0. The number of hydrazone groups is 2. The maximum absolute atomic E-state index is 14.5. The molecule has 0 spiro atoms. The molecule has 74 heavy (non-hydrogen) atoms. The van der Waals surface area contributed by atoms with Gasteiger partial charge in [0.05, 0.1) is 57.4 Å². The monoisotopic (exact) mass is 1110 g/mol. The van der Waals surface area contributed by atoms with Crippen molar-refractivity contribution < 1.29 is 49.0 Å². The quantitative estimate of drug-likeness (QED) is 0.0309. The first-order chi connectivity index (χ1) is 35.3. The van der Waals surface area contributed by atoms with Gasteiger partial charge in [-0.15, -0.1) is 13.2 Å². The predicted molar refractivity (Wildman–Crippen MR) is 259 cm³/mol. The van der Waals surface area contributed by atoms with E-state index in [-0.39, 0.29) is 72.7 Å². The number of nitrogens with one attached hydrogen (secondary N) is 4. The van der Waals surface area contributed by atoms with Crippen molar-refractivity contribution >= 4 is 94.0 Å². The lowest BCUT2D eigenvalue weighted by Crippen LogP contribution is -2.33. The minimum Gasteiger partial charge on any atom is -0.428 e. The number of halogens is 13. The SMILES string of the molecule is Fc1cccc(Cl)c1-c1nc(N/N=C/c2ccc(OC(F)(F)C(F)F)cc2)nc(Nc2ccc(Cl)nc2)n1.Fc1cccc(Cl)c1-c1nc(N/N=C\c2ccc(OC(F)(F)F)cc2)nc(Nc2ccc(Cl)nc2)n1. The molecule has 8 rings (SSSR count). The Hall–Kier alpha value is -8.13. The Morgan fingerprint density at radius 2 is 0.905 bits per heavy atom. The highest BCUT2D eigenvalue weighted by molar-refractivity contribution is 6.33. The first-order valence-electron chi connectivity index (χ1n) is 20.3. The van der Waals surface area contributed by atoms with Gasteiger partial charge in [-0.3, -0.25) is 0 Å². The number of ether oxygens (including phenoxy) is 2. The van der Waals surface area contributed by atoms with Crippen LogP contribution in [0.2, 0.25) is 20.4 Å². The fourth-order valence-electron chi connectivity index (χ4n) is 5.68. The predicted octanol–water partition coefficient (Wildman–Crippen LogP) is 13.3. The van der Waals surface area contributed by atoms with E-state index in [0.717, 1.165) is 24.3 Å². The van der Waals surface area contributed by atoms with Crippen molar-refractivity contribution in [2.45, 2.75) is 18.9 Å². The molecule has 0 unspecified atom stereocenters. The summed E-state index contributed by atoms with van der Waals surface area (Å²) in [5.74, 6) is -2.49. The lowest BCUT2D eigenvalue weighted by Gasteiger charge is -2.16. The highest BCUT2D eigenvalue weighted by Crippen LogP contribution is 2.32. The number of anilines is 6. The number of benzene rings is 4. The van der Waals surface area contributed by atoms with Gasteiger partial charge in [-0.05, 0) is 108 Å². The molecule has 4 aromatic heterocycles. The molecule has 0 aliphatic carbocycles. The molecule has 0 aliphatic heterocycles. The third-order valence-electron chi connectivity index (χ3n) is 8.87. The third kappa shape index (κ3) is 15.4. The molecular formula is C45H27Cl4F9N14O2. The number of hydrogen-bond donors (Lipinski definition) is 4. The van der Waals surface area contributed by atoms with E-state index >= 15 is 0 Å². The van der Waals surface area contributed by atoms with Gasteiger partial charge in [-0.1, -0.05) is 58.5 Å². The van der Waals surface area contributed by atoms with Crippen LogP contribution in [-0.2, 0) is 0 Å². The van der Waals surface area contributed by atoms with Crippen LogP contribution in [0.5, 0.6) is 11.5 Å². The molecule has 0 radical (unpaired) electrons. The van der Waals surface area contributed by atoms with E-state index in [1.54, 1.807) is 18.2 Å². The van der Waals surface area contributed by atoms with Gasteiger partial charge >= 0.3 is 18.9 Å². The number of hydrogen-bond acceptors (Lipinski definition) is 16. The van der Waals surface area contributed by atoms with Gasteiger partial charge < -0.3 is 20.1 Å². The average molecular weight is 1110 g/mol. The summed E-state index contributed by atoms with van der Waals surface area (Å²) < 4.78 is 124. The van der Waals surface area contributed by atoms with Crippen LogP contribution >= 0.6 is 46.4 Å². The summed E-state index contributed by atoms with van der Waals surface area (Å²) in [5.41, 5.74) is 6.83. The summed E-state index contributed by atoms with van der Waals surface area (Å²) in [6.45, 7) is 0. The number of rotatable bonds is 16. The summed E-state index contributed by atoms with van der Waals surface area (Å²) in [4.78, 5) is 33.1. The van der Waals surface area contributed by atoms with E-state index in [1.807, 2.05) is 0 Å². The Morgan fingerprint density at radius 1 is 0.500 bits per heavy atom. The van der Waals surface area contributed by atoms with E-state index < -0.39 is 36.3 Å². The number of aromatic nitrogens is 8. The minimum atomic E-state index is -4.79. The maximum atomic E-state index is 14.5. The van der Waals surface area contributed by atoms with Gasteiger partial charge in [0.2, 0.25) is 23.8 Å². The van der Waals surface area contributed by atoms with E-state index in [4.69, 9.17) is 46.4 Å². The van der Waals surface area contributed by atoms with Gasteiger partial charge in [0.1, 0.15) is 33.4 Å². The minimum absolute atomic E-state index is 0.00222. The maximum Gasteiger partial charge on any atom is 0.573 e. The van der Waals surface area contributed by atoms with Crippen molar-refractivity contribution in [3.05, 3.63) is 165 Å². The van der Waals surface area contributed by atoms with E-state index in [1.165, 1.54) is 91.6 Å². The van der Waals surface area contributed by atoms with Gasteiger partial charge in [-0.25, -0.2) is 29.6 Å². The van der Waals surface area contributed by atoms with E-state index in [0.29, 0.717) is 22.5 Å². The normalized spacial score (nSPS) is 11.6. The van der Waals surface area contributed by atoms with Crippen LogP contribution in [0.4, 0.5) is 74.7 Å². The molecule has 0 aliphatic rings. The van der Waals surface area contributed by atoms with Crippen LogP contribution in [-0.4, -0.2) is 71.2 Å². The molecule has 4 aromatic carbocycles. The van der Waals surface area contributed by atoms with Crippen molar-refractivity contribution in [1.29, 1.82) is 0 Å². The van der Waals surface area contributed by atoms with Crippen molar-refractivity contribution in [3.63, 3.8) is 0 Å². The zero-order valence-corrected chi connectivity index (χ0v) is 39.5. The van der Waals surface area contributed by atoms with Crippen LogP contribution in [0.25, 0.3) is 22.8 Å². The molecule has 29 heteroatoms. The van der Waals surface area contributed by atoms with E-state index in [2.05, 4.69) is 81.0 Å². The highest BCUT2D eigenvalue weighted by atomic mass is 35.5. The molecule has 0 amide bonds. The van der Waals surface area contributed by atoms with Crippen LogP contribution in [0.15, 0.2) is 132 Å². The van der Waals surface area contributed by atoms with Crippen molar-refractivity contribution in [3.8, 4) is 34.3 Å². The molecule has 4 N–H and O–H groups in total. The smallest absolute Gasteiger partial charge is 0.428 e. The highest BCUT2D eigenvalue weighted by Gasteiger charge is 2.44. The fraction of sp³-hybridized carbons (Fsp3) is 0.0667. The van der Waals surface area contributed by atoms with Crippen LogP contribution in [0, 0.1) is 11.6 Å². The Labute approximate surface area is 430 Å². The molecule has 380 valence electrons. The number of alkyl halides is 7. The molecular weight excluding hydrogens is 1080 g/mol. The molecule has 0 bridgehead atoms. The zero-order chi connectivity index (χ0) is 53.0. The van der Waals surface area contributed by atoms with Crippen molar-refractivity contribution in [2.24, 2.45) is 10.2 Å². The topological polar surface area (TPSA) is 194 Å². The second-order valence-corrected chi connectivity index (χ2v) is 15.8. The summed E-state index contributed by atoms with van der Waals surface area (Å²) in [6.07, 6.45) is -7.94. The molecule has 16 nitrogen and oxygen atoms in total. The molecule has 0 saturated heterocycles. The Bertz CT molecular complexity index is 3220. The lowest BCUT2D eigenvalue weighted by molar-refractivity contribution is -0.274. The Balaban J connectivity index is 0.000000217. The first kappa shape index (κ1) is 53.7. The largest absolute Gasteiger partial charge is 0.573 e. The Morgan fingerprint density at radius 3 is 1.27 bits per heavy atom. The van der Waals surface area contributed by atoms with E-state index in [9.17, 15) is 39.5 Å². The molecule has 0 fully saturated rings. The summed E-state index contributed by atoms with van der Waals surface area (Å²) >= 11 is 23.9. The fourth-order valence-corrected chi connectivity index (χ4v) is 6.39. The standard InChI is InChI=1S/C23H14Cl2F5N7O.C22H13Cl2F4N7O/c24-15-2-1-3-16(26)18(15)19-34-21(33-13-6-9-17(25)31-11-13)36-22(35-19)37-32-10-12-4-7-14(8-5-12)38-23(29,30)20(27)28;23-15-2-1-3-16(25)18(15)19-32-20(31-13-6-9-17(24)29-11-13)34-21(33-19)35-30-10-12-4-7-14(8-5-12)36-22(26,27)28/h1-11,20H,(H2,33,34,35,36,37);1-11H,(H2,31,32,33,34,35)/b32-10+;30-10-. The second-order valence-electron chi connectivity index (χ2n) is 14.2. The van der Waals surface area contributed by atoms with Gasteiger partial charge in [0.15, 0.2) is 11.6 Å². The van der Waals surface area contributed by atoms with Crippen molar-refractivity contribution in [1.82, 2.24) is 39.9 Å². The summed E-state index contributed by atoms with van der Waals surface area (Å²) in [6, 6.07) is 24.3. The van der Waals surface area contributed by atoms with Gasteiger partial charge in [-0.2, -0.15) is 57.7 Å². The molecule has 4 heterocycles. The molecule has 8 aromatic rings. The third-order valence-corrected chi connectivity index (χ3v) is 9.95. The number of nitrogens with zero attached hydrogens (tertiary/aromatic N) is 10. The van der Waals surface area contributed by atoms with Crippen molar-refractivity contribution in [2.75, 3.05) is 21.5 Å². The lowest BCUT2D eigenvalue weighted by atomic mass is 10.2. The zero-order valence-electron chi connectivity index (χ0n) is 36.5. The van der Waals surface area contributed by atoms with Crippen LogP contribution in [0.1, 0.15) is 11.1 Å². The molecule has 0 saturated carbocycles.